The summed E-state index contributed by atoms with van der Waals surface area (Å²) in [5.41, 5.74) is 0.990. The number of ether oxygens (including phenoxy) is 2. The van der Waals surface area contributed by atoms with Gasteiger partial charge in [-0.15, -0.1) is 0 Å². The van der Waals surface area contributed by atoms with E-state index >= 15 is 0 Å². The Morgan fingerprint density at radius 1 is 1.56 bits per heavy atom. The van der Waals surface area contributed by atoms with Crippen molar-refractivity contribution in [2.24, 2.45) is 7.05 Å². The Morgan fingerprint density at radius 3 is 2.83 bits per heavy atom. The van der Waals surface area contributed by atoms with E-state index < -0.39 is 0 Å². The van der Waals surface area contributed by atoms with Crippen LogP contribution in [-0.4, -0.2) is 35.8 Å². The molecule has 5 nitrogen and oxygen atoms in total. The molecule has 2 rings (SSSR count). The van der Waals surface area contributed by atoms with Gasteiger partial charge in [0.05, 0.1) is 36.2 Å². The maximum atomic E-state index is 6.20. The van der Waals surface area contributed by atoms with Crippen molar-refractivity contribution in [2.75, 3.05) is 19.8 Å². The maximum absolute atomic E-state index is 6.20. The van der Waals surface area contributed by atoms with E-state index in [1.54, 1.807) is 6.20 Å². The van der Waals surface area contributed by atoms with Gasteiger partial charge in [-0.05, 0) is 13.0 Å². The molecular formula is C12H20ClN3O2. The lowest BCUT2D eigenvalue weighted by Gasteiger charge is -2.22. The van der Waals surface area contributed by atoms with E-state index in [-0.39, 0.29) is 12.3 Å². The summed E-state index contributed by atoms with van der Waals surface area (Å²) < 4.78 is 12.8. The van der Waals surface area contributed by atoms with Crippen LogP contribution in [0.2, 0.25) is 5.02 Å². The molecule has 1 atom stereocenters. The lowest BCUT2D eigenvalue weighted by molar-refractivity contribution is -0.0534. The minimum Gasteiger partial charge on any atom is -0.350 e. The van der Waals surface area contributed by atoms with E-state index in [0.717, 1.165) is 25.1 Å². The average molecular weight is 274 g/mol. The molecule has 1 N–H and O–H groups in total. The second kappa shape index (κ2) is 6.52. The Morgan fingerprint density at radius 2 is 2.28 bits per heavy atom. The van der Waals surface area contributed by atoms with Gasteiger partial charge in [-0.1, -0.05) is 18.5 Å². The number of nitrogens with one attached hydrogen (secondary N) is 1. The molecule has 0 amide bonds. The Kier molecular flexibility index (Phi) is 5.00. The van der Waals surface area contributed by atoms with E-state index in [1.807, 2.05) is 11.7 Å². The van der Waals surface area contributed by atoms with Crippen molar-refractivity contribution in [3.05, 3.63) is 16.9 Å². The van der Waals surface area contributed by atoms with E-state index in [0.29, 0.717) is 18.2 Å². The van der Waals surface area contributed by atoms with Crippen LogP contribution < -0.4 is 5.32 Å². The summed E-state index contributed by atoms with van der Waals surface area (Å²) in [6.07, 6.45) is 3.34. The molecular weight excluding hydrogens is 254 g/mol. The lowest BCUT2D eigenvalue weighted by atomic mass is 10.1. The van der Waals surface area contributed by atoms with Gasteiger partial charge in [0.25, 0.3) is 0 Å². The van der Waals surface area contributed by atoms with Crippen LogP contribution in [0.25, 0.3) is 0 Å². The molecule has 1 aliphatic rings. The van der Waals surface area contributed by atoms with Gasteiger partial charge in [-0.2, -0.15) is 5.10 Å². The first-order valence-corrected chi connectivity index (χ1v) is 6.74. The Hall–Kier alpha value is -0.620. The van der Waals surface area contributed by atoms with E-state index in [4.69, 9.17) is 21.1 Å². The topological polar surface area (TPSA) is 48.3 Å². The van der Waals surface area contributed by atoms with Crippen molar-refractivity contribution < 1.29 is 9.47 Å². The first-order valence-electron chi connectivity index (χ1n) is 6.36. The van der Waals surface area contributed by atoms with Crippen molar-refractivity contribution in [2.45, 2.75) is 32.1 Å². The van der Waals surface area contributed by atoms with Crippen LogP contribution in [0.5, 0.6) is 0 Å². The number of hydrogen-bond acceptors (Lipinski definition) is 4. The highest BCUT2D eigenvalue weighted by molar-refractivity contribution is 6.31. The van der Waals surface area contributed by atoms with E-state index in [1.165, 1.54) is 0 Å². The van der Waals surface area contributed by atoms with E-state index in [2.05, 4.69) is 17.3 Å². The minimum atomic E-state index is -0.148. The molecule has 1 aromatic heterocycles. The largest absolute Gasteiger partial charge is 0.350 e. The Bertz CT molecular complexity index is 358. The molecule has 6 heteroatoms. The summed E-state index contributed by atoms with van der Waals surface area (Å²) in [6.45, 7) is 4.41. The summed E-state index contributed by atoms with van der Waals surface area (Å²) in [5, 5.41) is 8.34. The molecule has 0 bridgehead atoms. The number of nitrogens with zero attached hydrogens (tertiary/aromatic N) is 2. The highest BCUT2D eigenvalue weighted by Crippen LogP contribution is 2.27. The molecule has 1 unspecified atom stereocenters. The maximum Gasteiger partial charge on any atom is 0.159 e. The zero-order chi connectivity index (χ0) is 13.0. The summed E-state index contributed by atoms with van der Waals surface area (Å²) >= 11 is 6.20. The van der Waals surface area contributed by atoms with E-state index in [9.17, 15) is 0 Å². The quantitative estimate of drug-likeness (QED) is 0.860. The monoisotopic (exact) mass is 273 g/mol. The number of aromatic nitrogens is 2. The zero-order valence-corrected chi connectivity index (χ0v) is 11.6. The number of rotatable bonds is 6. The fraction of sp³-hybridized carbons (Fsp3) is 0.750. The van der Waals surface area contributed by atoms with Crippen molar-refractivity contribution in [1.29, 1.82) is 0 Å². The van der Waals surface area contributed by atoms with Gasteiger partial charge in [0, 0.05) is 13.5 Å². The predicted molar refractivity (Wildman–Crippen MR) is 69.6 cm³/mol. The molecule has 18 heavy (non-hydrogen) atoms. The number of aryl methyl sites for hydroxylation is 1. The molecule has 1 aliphatic heterocycles. The molecule has 0 spiro atoms. The van der Waals surface area contributed by atoms with Gasteiger partial charge in [-0.25, -0.2) is 0 Å². The predicted octanol–water partition coefficient (Wildman–Crippen LogP) is 1.88. The van der Waals surface area contributed by atoms with Crippen LogP contribution in [0, 0.1) is 0 Å². The van der Waals surface area contributed by atoms with Crippen LogP contribution in [-0.2, 0) is 16.5 Å². The third-order valence-electron chi connectivity index (χ3n) is 3.03. The Labute approximate surface area is 112 Å². The molecule has 0 aromatic carbocycles. The second-order valence-electron chi connectivity index (χ2n) is 4.41. The third-order valence-corrected chi connectivity index (χ3v) is 3.32. The van der Waals surface area contributed by atoms with Crippen LogP contribution in [0.15, 0.2) is 6.20 Å². The van der Waals surface area contributed by atoms with Crippen LogP contribution in [0.4, 0.5) is 0 Å². The lowest BCUT2D eigenvalue weighted by Crippen LogP contribution is -2.28. The van der Waals surface area contributed by atoms with Crippen molar-refractivity contribution in [1.82, 2.24) is 15.1 Å². The molecule has 1 saturated heterocycles. The minimum absolute atomic E-state index is 0.105. The fourth-order valence-corrected chi connectivity index (χ4v) is 2.46. The summed E-state index contributed by atoms with van der Waals surface area (Å²) in [6, 6.07) is 0.105. The number of halogens is 1. The normalized spacial score (nSPS) is 18.4. The molecule has 1 aromatic rings. The van der Waals surface area contributed by atoms with Gasteiger partial charge in [0.1, 0.15) is 0 Å². The second-order valence-corrected chi connectivity index (χ2v) is 4.82. The molecule has 1 fully saturated rings. The van der Waals surface area contributed by atoms with Gasteiger partial charge in [-0.3, -0.25) is 4.68 Å². The molecule has 0 radical (unpaired) electrons. The standard InChI is InChI=1S/C12H20ClN3O2/c1-3-4-14-10(7-11-17-5-6-18-11)12-9(13)8-15-16(12)2/h8,10-11,14H,3-7H2,1-2H3. The van der Waals surface area contributed by atoms with Gasteiger partial charge >= 0.3 is 0 Å². The van der Waals surface area contributed by atoms with Crippen LogP contribution in [0.1, 0.15) is 31.5 Å². The fourth-order valence-electron chi connectivity index (χ4n) is 2.16. The van der Waals surface area contributed by atoms with Gasteiger partial charge < -0.3 is 14.8 Å². The SMILES string of the molecule is CCCNC(CC1OCCO1)c1c(Cl)cnn1C. The van der Waals surface area contributed by atoms with Gasteiger partial charge in [0.2, 0.25) is 0 Å². The average Bonchev–Trinajstić information content (AvgIpc) is 2.96. The first-order chi connectivity index (χ1) is 8.72. The molecule has 102 valence electrons. The van der Waals surface area contributed by atoms with Crippen molar-refractivity contribution >= 4 is 11.6 Å². The first kappa shape index (κ1) is 13.8. The van der Waals surface area contributed by atoms with Crippen molar-refractivity contribution in [3.8, 4) is 0 Å². The highest BCUT2D eigenvalue weighted by Gasteiger charge is 2.25. The number of hydrogen-bond donors (Lipinski definition) is 1. The molecule has 0 saturated carbocycles. The van der Waals surface area contributed by atoms with Gasteiger partial charge in [0.15, 0.2) is 6.29 Å². The summed E-state index contributed by atoms with van der Waals surface area (Å²) in [7, 11) is 1.90. The summed E-state index contributed by atoms with van der Waals surface area (Å²) in [4.78, 5) is 0. The van der Waals surface area contributed by atoms with Crippen LogP contribution >= 0.6 is 11.6 Å². The zero-order valence-electron chi connectivity index (χ0n) is 10.9. The Balaban J connectivity index is 2.08. The van der Waals surface area contributed by atoms with Crippen molar-refractivity contribution in [3.63, 3.8) is 0 Å². The third kappa shape index (κ3) is 3.23. The molecule has 0 aliphatic carbocycles. The highest BCUT2D eigenvalue weighted by atomic mass is 35.5. The van der Waals surface area contributed by atoms with Crippen LogP contribution in [0.3, 0.4) is 0 Å². The smallest absolute Gasteiger partial charge is 0.159 e. The summed E-state index contributed by atoms with van der Waals surface area (Å²) in [5.74, 6) is 0. The molecule has 2 heterocycles.